The number of carbonyl (C=O) groups excluding carboxylic acids is 1. The first-order valence-electron chi connectivity index (χ1n) is 10.6. The molecule has 0 bridgehead atoms. The third-order valence-corrected chi connectivity index (χ3v) is 8.02. The number of nitrogens with zero attached hydrogens (tertiary/aromatic N) is 2. The molecule has 0 saturated heterocycles. The molecule has 0 amide bonds. The van der Waals surface area contributed by atoms with Crippen LogP contribution in [0.15, 0.2) is 57.9 Å². The molecule has 0 aliphatic heterocycles. The lowest BCUT2D eigenvalue weighted by atomic mass is 10.0. The number of rotatable bonds is 8. The summed E-state index contributed by atoms with van der Waals surface area (Å²) < 4.78 is 49.8. The summed E-state index contributed by atoms with van der Waals surface area (Å²) in [5, 5.41) is 4.63. The van der Waals surface area contributed by atoms with Crippen molar-refractivity contribution in [3.8, 4) is 23.0 Å². The number of carbonyl (C=O) groups is 1. The molecule has 9 nitrogen and oxygen atoms in total. The molecule has 0 fully saturated rings. The van der Waals surface area contributed by atoms with Gasteiger partial charge in [-0.2, -0.15) is 17.6 Å². The fourth-order valence-corrected chi connectivity index (χ4v) is 5.69. The fourth-order valence-electron chi connectivity index (χ4n) is 3.77. The second-order valence-corrected chi connectivity index (χ2v) is 10.3. The van der Waals surface area contributed by atoms with Gasteiger partial charge in [0, 0.05) is 17.0 Å². The number of fused-ring (bicyclic) bond motifs is 1. The molecule has 0 spiro atoms. The minimum Gasteiger partial charge on any atom is -0.497 e. The van der Waals surface area contributed by atoms with E-state index in [1.807, 2.05) is 6.92 Å². The molecule has 36 heavy (non-hydrogen) atoms. The van der Waals surface area contributed by atoms with Gasteiger partial charge in [0.25, 0.3) is 10.0 Å². The third-order valence-electron chi connectivity index (χ3n) is 5.63. The summed E-state index contributed by atoms with van der Waals surface area (Å²) >= 11 is 3.42. The summed E-state index contributed by atoms with van der Waals surface area (Å²) in [6, 6.07) is 12.6. The number of benzene rings is 3. The highest BCUT2D eigenvalue weighted by Gasteiger charge is 2.30. The predicted molar refractivity (Wildman–Crippen MR) is 137 cm³/mol. The van der Waals surface area contributed by atoms with Crippen molar-refractivity contribution in [2.75, 3.05) is 28.4 Å². The normalized spacial score (nSPS) is 11.4. The van der Waals surface area contributed by atoms with Crippen molar-refractivity contribution in [3.05, 3.63) is 69.8 Å². The van der Waals surface area contributed by atoms with Gasteiger partial charge in [0.1, 0.15) is 11.4 Å². The number of methoxy groups -OCH3 is 4. The Morgan fingerprint density at radius 2 is 1.56 bits per heavy atom. The number of hydrogen-bond donors (Lipinski definition) is 0. The molecule has 0 radical (unpaired) electrons. The van der Waals surface area contributed by atoms with Gasteiger partial charge in [0.2, 0.25) is 11.5 Å². The van der Waals surface area contributed by atoms with E-state index >= 15 is 0 Å². The van der Waals surface area contributed by atoms with Crippen molar-refractivity contribution < 1.29 is 32.2 Å². The van der Waals surface area contributed by atoms with Crippen LogP contribution in [0.25, 0.3) is 10.9 Å². The van der Waals surface area contributed by atoms with E-state index in [4.69, 9.17) is 18.9 Å². The number of aromatic nitrogens is 2. The van der Waals surface area contributed by atoms with Gasteiger partial charge in [-0.1, -0.05) is 17.7 Å². The SMILES string of the molecule is COc1ccc2c(C(=O)c3cc(OC)c(OC)c(OC)c3Br)nn(S(=O)(=O)c3ccc(C)cc3)c2c1. The molecule has 3 aromatic carbocycles. The second-order valence-electron chi connectivity index (χ2n) is 7.73. The smallest absolute Gasteiger partial charge is 0.283 e. The highest BCUT2D eigenvalue weighted by atomic mass is 79.9. The lowest BCUT2D eigenvalue weighted by molar-refractivity contribution is 0.103. The average molecular weight is 575 g/mol. The van der Waals surface area contributed by atoms with Crippen molar-refractivity contribution >= 4 is 42.6 Å². The summed E-state index contributed by atoms with van der Waals surface area (Å²) in [7, 11) is 1.65. The summed E-state index contributed by atoms with van der Waals surface area (Å²) in [5.74, 6) is 0.673. The van der Waals surface area contributed by atoms with Crippen molar-refractivity contribution in [1.29, 1.82) is 0 Å². The molecular formula is C25H23BrN2O7S. The maximum Gasteiger partial charge on any atom is 0.283 e. The van der Waals surface area contributed by atoms with E-state index < -0.39 is 15.8 Å². The van der Waals surface area contributed by atoms with Gasteiger partial charge in [0.05, 0.1) is 43.3 Å². The fraction of sp³-hybridized carbons (Fsp3) is 0.200. The lowest BCUT2D eigenvalue weighted by Gasteiger charge is -2.16. The topological polar surface area (TPSA) is 106 Å². The number of ketones is 1. The van der Waals surface area contributed by atoms with E-state index in [1.165, 1.54) is 52.7 Å². The maximum absolute atomic E-state index is 13.8. The maximum atomic E-state index is 13.8. The van der Waals surface area contributed by atoms with Gasteiger partial charge >= 0.3 is 0 Å². The molecule has 0 saturated carbocycles. The number of aryl methyl sites for hydroxylation is 1. The number of hydrogen-bond acceptors (Lipinski definition) is 8. The Morgan fingerprint density at radius 1 is 0.889 bits per heavy atom. The van der Waals surface area contributed by atoms with Gasteiger partial charge in [0.15, 0.2) is 11.5 Å². The van der Waals surface area contributed by atoms with Crippen molar-refractivity contribution in [3.63, 3.8) is 0 Å². The summed E-state index contributed by atoms with van der Waals surface area (Å²) in [6.07, 6.45) is 0. The number of ether oxygens (including phenoxy) is 4. The summed E-state index contributed by atoms with van der Waals surface area (Å²) in [6.45, 7) is 1.86. The van der Waals surface area contributed by atoms with E-state index in [-0.39, 0.29) is 33.2 Å². The predicted octanol–water partition coefficient (Wildman–Crippen LogP) is 4.61. The zero-order chi connectivity index (χ0) is 26.2. The molecule has 0 N–H and O–H groups in total. The van der Waals surface area contributed by atoms with Crippen LogP contribution >= 0.6 is 15.9 Å². The summed E-state index contributed by atoms with van der Waals surface area (Å²) in [5.41, 5.74) is 1.18. The van der Waals surface area contributed by atoms with Gasteiger partial charge in [-0.05, 0) is 53.2 Å². The third kappa shape index (κ3) is 4.18. The number of halogens is 1. The van der Waals surface area contributed by atoms with E-state index in [0.29, 0.717) is 21.4 Å². The Hall–Kier alpha value is -3.57. The zero-order valence-corrected chi connectivity index (χ0v) is 22.6. The van der Waals surface area contributed by atoms with Gasteiger partial charge in [-0.3, -0.25) is 4.79 Å². The van der Waals surface area contributed by atoms with Crippen LogP contribution in [-0.4, -0.2) is 51.8 Å². The van der Waals surface area contributed by atoms with Crippen molar-refractivity contribution in [2.45, 2.75) is 11.8 Å². The molecule has 4 rings (SSSR count). The highest BCUT2D eigenvalue weighted by molar-refractivity contribution is 9.10. The molecule has 188 valence electrons. The monoisotopic (exact) mass is 574 g/mol. The first-order chi connectivity index (χ1) is 17.2. The van der Waals surface area contributed by atoms with E-state index in [0.717, 1.165) is 9.65 Å². The highest BCUT2D eigenvalue weighted by Crippen LogP contribution is 2.45. The zero-order valence-electron chi connectivity index (χ0n) is 20.2. The van der Waals surface area contributed by atoms with Crippen molar-refractivity contribution in [1.82, 2.24) is 9.19 Å². The Bertz CT molecular complexity index is 1580. The second kappa shape index (κ2) is 9.82. The van der Waals surface area contributed by atoms with Crippen LogP contribution in [-0.2, 0) is 10.0 Å². The van der Waals surface area contributed by atoms with Crippen LogP contribution in [0.4, 0.5) is 0 Å². The van der Waals surface area contributed by atoms with E-state index in [2.05, 4.69) is 21.0 Å². The molecule has 0 unspecified atom stereocenters. The average Bonchev–Trinajstić information content (AvgIpc) is 3.27. The van der Waals surface area contributed by atoms with E-state index in [1.54, 1.807) is 24.3 Å². The Labute approximate surface area is 216 Å². The molecular weight excluding hydrogens is 552 g/mol. The molecule has 0 aliphatic carbocycles. The van der Waals surface area contributed by atoms with Crippen LogP contribution in [0, 0.1) is 6.92 Å². The molecule has 11 heteroatoms. The molecule has 1 aromatic heterocycles. The van der Waals surface area contributed by atoms with Gasteiger partial charge in [-0.25, -0.2) is 0 Å². The van der Waals surface area contributed by atoms with Crippen LogP contribution < -0.4 is 18.9 Å². The van der Waals surface area contributed by atoms with Crippen LogP contribution in [0.2, 0.25) is 0 Å². The van der Waals surface area contributed by atoms with Crippen LogP contribution in [0.1, 0.15) is 21.6 Å². The molecule has 0 atom stereocenters. The Kier molecular flexibility index (Phi) is 6.96. The van der Waals surface area contributed by atoms with Crippen molar-refractivity contribution in [2.24, 2.45) is 0 Å². The minimum absolute atomic E-state index is 0.0354. The lowest BCUT2D eigenvalue weighted by Crippen LogP contribution is -2.16. The first-order valence-corrected chi connectivity index (χ1v) is 12.8. The summed E-state index contributed by atoms with van der Waals surface area (Å²) in [4.78, 5) is 13.8. The van der Waals surface area contributed by atoms with Gasteiger partial charge < -0.3 is 18.9 Å². The molecule has 1 heterocycles. The van der Waals surface area contributed by atoms with Gasteiger partial charge in [-0.15, -0.1) is 0 Å². The standard InChI is InChI=1S/C25H23BrN2O7S/c1-14-6-9-16(10-7-14)36(30,31)28-19-12-15(32-2)8-11-17(19)22(27-28)23(29)18-13-20(33-3)24(34-4)25(35-5)21(18)26/h6-13H,1-5H3. The van der Waals surface area contributed by atoms with E-state index in [9.17, 15) is 13.2 Å². The largest absolute Gasteiger partial charge is 0.497 e. The molecule has 4 aromatic rings. The Balaban J connectivity index is 1.98. The molecule has 0 aliphatic rings. The quantitative estimate of drug-likeness (QED) is 0.281. The van der Waals surface area contributed by atoms with Crippen LogP contribution in [0.3, 0.4) is 0 Å². The van der Waals surface area contributed by atoms with Crippen LogP contribution in [0.5, 0.6) is 23.0 Å². The minimum atomic E-state index is -4.13. The first kappa shape index (κ1) is 25.5. The Morgan fingerprint density at radius 3 is 2.14 bits per heavy atom.